The van der Waals surface area contributed by atoms with Gasteiger partial charge in [-0.15, -0.1) is 0 Å². The molecule has 0 aromatic carbocycles. The summed E-state index contributed by atoms with van der Waals surface area (Å²) in [6.45, 7) is 2.10. The number of nitrogens with zero attached hydrogens (tertiary/aromatic N) is 5. The molecule has 24 heavy (non-hydrogen) atoms. The second kappa shape index (κ2) is 5.92. The molecule has 4 rings (SSSR count). The van der Waals surface area contributed by atoms with Crippen LogP contribution in [0, 0.1) is 0 Å². The Bertz CT molecular complexity index is 880. The van der Waals surface area contributed by atoms with E-state index in [4.69, 9.17) is 0 Å². The average Bonchev–Trinajstić information content (AvgIpc) is 3.26. The maximum absolute atomic E-state index is 12.4. The molecule has 4 heterocycles. The van der Waals surface area contributed by atoms with Crippen LogP contribution in [-0.2, 0) is 7.05 Å². The Balaban J connectivity index is 1.50. The van der Waals surface area contributed by atoms with Crippen LogP contribution in [0.15, 0.2) is 36.9 Å². The summed E-state index contributed by atoms with van der Waals surface area (Å²) in [5, 5.41) is 2.85. The SMILES string of the molecule is Cn1cnc2cc(C(=O)Nc3ccc(N4CCCC4)nc3)cnc21. The number of anilines is 2. The van der Waals surface area contributed by atoms with Gasteiger partial charge in [-0.2, -0.15) is 0 Å². The van der Waals surface area contributed by atoms with Gasteiger partial charge in [-0.25, -0.2) is 15.0 Å². The molecule has 1 aliphatic rings. The van der Waals surface area contributed by atoms with Crippen LogP contribution in [0.5, 0.6) is 0 Å². The van der Waals surface area contributed by atoms with Gasteiger partial charge in [-0.05, 0) is 31.0 Å². The third-order valence-corrected chi connectivity index (χ3v) is 4.25. The van der Waals surface area contributed by atoms with Crippen molar-refractivity contribution in [2.75, 3.05) is 23.3 Å². The minimum Gasteiger partial charge on any atom is -0.357 e. The van der Waals surface area contributed by atoms with Crippen LogP contribution in [0.3, 0.4) is 0 Å². The van der Waals surface area contributed by atoms with Crippen LogP contribution in [0.2, 0.25) is 0 Å². The first-order valence-electron chi connectivity index (χ1n) is 8.00. The van der Waals surface area contributed by atoms with E-state index in [0.29, 0.717) is 16.8 Å². The summed E-state index contributed by atoms with van der Waals surface area (Å²) in [5.74, 6) is 0.743. The van der Waals surface area contributed by atoms with Crippen LogP contribution in [0.1, 0.15) is 23.2 Å². The van der Waals surface area contributed by atoms with E-state index < -0.39 is 0 Å². The number of carbonyl (C=O) groups excluding carboxylic acids is 1. The van der Waals surface area contributed by atoms with Crippen molar-refractivity contribution in [2.45, 2.75) is 12.8 Å². The number of imidazole rings is 1. The number of aromatic nitrogens is 4. The first kappa shape index (κ1) is 14.6. The molecule has 0 bridgehead atoms. The molecule has 7 heteroatoms. The molecule has 3 aromatic rings. The lowest BCUT2D eigenvalue weighted by molar-refractivity contribution is 0.102. The molecule has 0 saturated carbocycles. The van der Waals surface area contributed by atoms with Crippen molar-refractivity contribution < 1.29 is 4.79 Å². The second-order valence-corrected chi connectivity index (χ2v) is 5.98. The highest BCUT2D eigenvalue weighted by Crippen LogP contribution is 2.19. The zero-order chi connectivity index (χ0) is 16.5. The third-order valence-electron chi connectivity index (χ3n) is 4.25. The lowest BCUT2D eigenvalue weighted by Gasteiger charge is -2.16. The number of nitrogens with one attached hydrogen (secondary N) is 1. The van der Waals surface area contributed by atoms with Gasteiger partial charge in [0.05, 0.1) is 23.8 Å². The number of pyridine rings is 2. The molecule has 0 unspecified atom stereocenters. The van der Waals surface area contributed by atoms with E-state index in [-0.39, 0.29) is 5.91 Å². The molecule has 122 valence electrons. The van der Waals surface area contributed by atoms with Crippen molar-refractivity contribution in [3.8, 4) is 0 Å². The number of amides is 1. The third kappa shape index (κ3) is 2.68. The van der Waals surface area contributed by atoms with Crippen molar-refractivity contribution in [3.05, 3.63) is 42.5 Å². The van der Waals surface area contributed by atoms with E-state index in [1.54, 1.807) is 24.8 Å². The summed E-state index contributed by atoms with van der Waals surface area (Å²) in [6.07, 6.45) is 7.36. The number of fused-ring (bicyclic) bond motifs is 1. The molecule has 1 aliphatic heterocycles. The van der Waals surface area contributed by atoms with Gasteiger partial charge < -0.3 is 14.8 Å². The molecule has 0 spiro atoms. The normalized spacial score (nSPS) is 14.3. The van der Waals surface area contributed by atoms with E-state index in [1.807, 2.05) is 23.7 Å². The average molecular weight is 322 g/mol. The fourth-order valence-corrected chi connectivity index (χ4v) is 2.94. The lowest BCUT2D eigenvalue weighted by atomic mass is 10.2. The summed E-state index contributed by atoms with van der Waals surface area (Å²) >= 11 is 0. The Morgan fingerprint density at radius 1 is 1.12 bits per heavy atom. The van der Waals surface area contributed by atoms with E-state index in [0.717, 1.165) is 24.6 Å². The minimum absolute atomic E-state index is 0.217. The Morgan fingerprint density at radius 3 is 2.71 bits per heavy atom. The molecular formula is C17H18N6O. The molecule has 1 fully saturated rings. The maximum Gasteiger partial charge on any atom is 0.257 e. The smallest absolute Gasteiger partial charge is 0.257 e. The number of hydrogen-bond acceptors (Lipinski definition) is 5. The molecule has 0 radical (unpaired) electrons. The molecule has 0 aliphatic carbocycles. The van der Waals surface area contributed by atoms with E-state index in [1.165, 1.54) is 12.8 Å². The maximum atomic E-state index is 12.4. The van der Waals surface area contributed by atoms with E-state index >= 15 is 0 Å². The Morgan fingerprint density at radius 2 is 1.96 bits per heavy atom. The van der Waals surface area contributed by atoms with Gasteiger partial charge in [0, 0.05) is 26.3 Å². The van der Waals surface area contributed by atoms with Crippen LogP contribution < -0.4 is 10.2 Å². The predicted octanol–water partition coefficient (Wildman–Crippen LogP) is 2.22. The van der Waals surface area contributed by atoms with Crippen LogP contribution in [-0.4, -0.2) is 38.5 Å². The first-order valence-corrected chi connectivity index (χ1v) is 8.00. The second-order valence-electron chi connectivity index (χ2n) is 5.98. The molecule has 3 aromatic heterocycles. The Labute approximate surface area is 139 Å². The van der Waals surface area contributed by atoms with Gasteiger partial charge in [-0.1, -0.05) is 0 Å². The van der Waals surface area contributed by atoms with Crippen molar-refractivity contribution in [1.29, 1.82) is 0 Å². The molecule has 1 N–H and O–H groups in total. The van der Waals surface area contributed by atoms with E-state index in [9.17, 15) is 4.79 Å². The van der Waals surface area contributed by atoms with Crippen LogP contribution >= 0.6 is 0 Å². The van der Waals surface area contributed by atoms with Crippen molar-refractivity contribution in [2.24, 2.45) is 7.05 Å². The minimum atomic E-state index is -0.217. The zero-order valence-corrected chi connectivity index (χ0v) is 13.4. The van der Waals surface area contributed by atoms with Crippen molar-refractivity contribution >= 4 is 28.6 Å². The van der Waals surface area contributed by atoms with Gasteiger partial charge in [0.2, 0.25) is 0 Å². The van der Waals surface area contributed by atoms with Gasteiger partial charge in [0.1, 0.15) is 11.3 Å². The monoisotopic (exact) mass is 322 g/mol. The number of hydrogen-bond donors (Lipinski definition) is 1. The van der Waals surface area contributed by atoms with Crippen molar-refractivity contribution in [1.82, 2.24) is 19.5 Å². The van der Waals surface area contributed by atoms with Gasteiger partial charge in [-0.3, -0.25) is 4.79 Å². The van der Waals surface area contributed by atoms with Crippen molar-refractivity contribution in [3.63, 3.8) is 0 Å². The van der Waals surface area contributed by atoms with Gasteiger partial charge in [0.25, 0.3) is 5.91 Å². The topological polar surface area (TPSA) is 75.9 Å². The van der Waals surface area contributed by atoms with Gasteiger partial charge in [0.15, 0.2) is 5.65 Å². The lowest BCUT2D eigenvalue weighted by Crippen LogP contribution is -2.19. The highest BCUT2D eigenvalue weighted by molar-refractivity contribution is 6.05. The summed E-state index contributed by atoms with van der Waals surface area (Å²) in [5.41, 5.74) is 2.60. The highest BCUT2D eigenvalue weighted by Gasteiger charge is 2.14. The molecule has 1 amide bonds. The van der Waals surface area contributed by atoms with E-state index in [2.05, 4.69) is 25.2 Å². The summed E-state index contributed by atoms with van der Waals surface area (Å²) in [7, 11) is 1.87. The Hall–Kier alpha value is -2.96. The molecule has 1 saturated heterocycles. The first-order chi connectivity index (χ1) is 11.7. The van der Waals surface area contributed by atoms with Gasteiger partial charge >= 0.3 is 0 Å². The summed E-state index contributed by atoms with van der Waals surface area (Å²) < 4.78 is 1.82. The number of rotatable bonds is 3. The molecule has 7 nitrogen and oxygen atoms in total. The Kier molecular flexibility index (Phi) is 3.60. The van der Waals surface area contributed by atoms with Crippen LogP contribution in [0.4, 0.5) is 11.5 Å². The molecular weight excluding hydrogens is 304 g/mol. The fourth-order valence-electron chi connectivity index (χ4n) is 2.94. The number of carbonyl (C=O) groups is 1. The predicted molar refractivity (Wildman–Crippen MR) is 92.1 cm³/mol. The fraction of sp³-hybridized carbons (Fsp3) is 0.294. The van der Waals surface area contributed by atoms with Crippen LogP contribution in [0.25, 0.3) is 11.2 Å². The summed E-state index contributed by atoms with van der Waals surface area (Å²) in [6, 6.07) is 5.57. The molecule has 0 atom stereocenters. The largest absolute Gasteiger partial charge is 0.357 e. The number of aryl methyl sites for hydroxylation is 1. The zero-order valence-electron chi connectivity index (χ0n) is 13.4. The highest BCUT2D eigenvalue weighted by atomic mass is 16.1. The summed E-state index contributed by atoms with van der Waals surface area (Å²) in [4.78, 5) is 27.6. The standard InChI is InChI=1S/C17H18N6O/c1-22-11-20-14-8-12(9-19-16(14)22)17(24)21-13-4-5-15(18-10-13)23-6-2-3-7-23/h4-5,8-11H,2-3,6-7H2,1H3,(H,21,24). The quantitative estimate of drug-likeness (QED) is 0.800.